The molecule has 0 fully saturated rings. The first-order valence-corrected chi connectivity index (χ1v) is 6.00. The molecule has 102 valence electrons. The van der Waals surface area contributed by atoms with Gasteiger partial charge >= 0.3 is 0 Å². The zero-order valence-electron chi connectivity index (χ0n) is 11.7. The number of aliphatic hydroxyl groups excluding tert-OH is 1. The minimum Gasteiger partial charge on any atom is -0.395 e. The largest absolute Gasteiger partial charge is 0.395 e. The fourth-order valence-electron chi connectivity index (χ4n) is 1.73. The van der Waals surface area contributed by atoms with Crippen molar-refractivity contribution in [1.29, 1.82) is 0 Å². The minimum atomic E-state index is -0.295. The quantitative estimate of drug-likeness (QED) is 0.792. The van der Waals surface area contributed by atoms with Crippen molar-refractivity contribution < 1.29 is 9.90 Å². The average Bonchev–Trinajstić information content (AvgIpc) is 2.55. The van der Waals surface area contributed by atoms with Crippen molar-refractivity contribution >= 4 is 11.6 Å². The number of likely N-dealkylation sites (N-methyl/N-ethyl adjacent to an activating group) is 1. The molecule has 18 heavy (non-hydrogen) atoms. The Morgan fingerprint density at radius 3 is 2.61 bits per heavy atom. The van der Waals surface area contributed by atoms with E-state index in [0.29, 0.717) is 6.54 Å². The SMILES string of the molecule is Cc1nn(C)c(C)c1NC(=O)C(C)N(C)CCO. The zero-order valence-corrected chi connectivity index (χ0v) is 11.7. The lowest BCUT2D eigenvalue weighted by atomic mass is 10.2. The van der Waals surface area contributed by atoms with Gasteiger partial charge in [-0.1, -0.05) is 0 Å². The molecule has 0 aliphatic carbocycles. The molecule has 0 aromatic carbocycles. The van der Waals surface area contributed by atoms with E-state index in [1.54, 1.807) is 9.58 Å². The van der Waals surface area contributed by atoms with Crippen LogP contribution >= 0.6 is 0 Å². The summed E-state index contributed by atoms with van der Waals surface area (Å²) in [5, 5.41) is 16.0. The van der Waals surface area contributed by atoms with E-state index in [2.05, 4.69) is 10.4 Å². The van der Waals surface area contributed by atoms with E-state index in [1.807, 2.05) is 34.9 Å². The highest BCUT2D eigenvalue weighted by Gasteiger charge is 2.20. The maximum absolute atomic E-state index is 12.1. The molecule has 0 saturated carbocycles. The molecule has 1 unspecified atom stereocenters. The number of hydrogen-bond acceptors (Lipinski definition) is 4. The Balaban J connectivity index is 2.75. The van der Waals surface area contributed by atoms with Crippen molar-refractivity contribution in [2.24, 2.45) is 7.05 Å². The van der Waals surface area contributed by atoms with Crippen LogP contribution in [-0.2, 0) is 11.8 Å². The topological polar surface area (TPSA) is 70.4 Å². The number of hydrogen-bond donors (Lipinski definition) is 2. The van der Waals surface area contributed by atoms with E-state index in [9.17, 15) is 4.79 Å². The molecule has 0 aliphatic heterocycles. The molecule has 1 aromatic rings. The Kier molecular flexibility index (Phi) is 4.86. The normalized spacial score (nSPS) is 12.8. The molecule has 1 atom stereocenters. The first-order chi connectivity index (χ1) is 8.38. The van der Waals surface area contributed by atoms with Gasteiger partial charge in [-0.2, -0.15) is 5.10 Å². The number of rotatable bonds is 5. The third-order valence-electron chi connectivity index (χ3n) is 3.25. The molecule has 2 N–H and O–H groups in total. The summed E-state index contributed by atoms with van der Waals surface area (Å²) < 4.78 is 1.74. The van der Waals surface area contributed by atoms with Crippen LogP contribution in [0.15, 0.2) is 0 Å². The smallest absolute Gasteiger partial charge is 0.241 e. The second-order valence-corrected chi connectivity index (χ2v) is 4.54. The van der Waals surface area contributed by atoms with Gasteiger partial charge in [-0.05, 0) is 27.8 Å². The first kappa shape index (κ1) is 14.7. The lowest BCUT2D eigenvalue weighted by molar-refractivity contribution is -0.120. The lowest BCUT2D eigenvalue weighted by Crippen LogP contribution is -2.41. The van der Waals surface area contributed by atoms with E-state index in [4.69, 9.17) is 5.11 Å². The van der Waals surface area contributed by atoms with Gasteiger partial charge in [0.2, 0.25) is 5.91 Å². The molecular weight excluding hydrogens is 232 g/mol. The molecule has 0 spiro atoms. The summed E-state index contributed by atoms with van der Waals surface area (Å²) in [6, 6.07) is -0.295. The van der Waals surface area contributed by atoms with E-state index < -0.39 is 0 Å². The van der Waals surface area contributed by atoms with Gasteiger partial charge in [-0.3, -0.25) is 14.4 Å². The van der Waals surface area contributed by atoms with Gasteiger partial charge in [0.25, 0.3) is 0 Å². The second-order valence-electron chi connectivity index (χ2n) is 4.54. The van der Waals surface area contributed by atoms with Crippen LogP contribution in [0.4, 0.5) is 5.69 Å². The summed E-state index contributed by atoms with van der Waals surface area (Å²) in [5.41, 5.74) is 2.50. The van der Waals surface area contributed by atoms with Crippen LogP contribution in [0.3, 0.4) is 0 Å². The Morgan fingerprint density at radius 1 is 1.56 bits per heavy atom. The Hall–Kier alpha value is -1.40. The Morgan fingerprint density at radius 2 is 2.17 bits per heavy atom. The first-order valence-electron chi connectivity index (χ1n) is 6.00. The number of nitrogens with one attached hydrogen (secondary N) is 1. The van der Waals surface area contributed by atoms with Crippen molar-refractivity contribution in [2.45, 2.75) is 26.8 Å². The molecule has 1 heterocycles. The van der Waals surface area contributed by atoms with Crippen LogP contribution in [-0.4, -0.2) is 51.9 Å². The fraction of sp³-hybridized carbons (Fsp3) is 0.667. The molecule has 6 heteroatoms. The number of nitrogens with zero attached hydrogens (tertiary/aromatic N) is 3. The second kappa shape index (κ2) is 5.97. The van der Waals surface area contributed by atoms with Crippen LogP contribution < -0.4 is 5.32 Å². The number of amides is 1. The van der Waals surface area contributed by atoms with Crippen molar-refractivity contribution in [2.75, 3.05) is 25.5 Å². The van der Waals surface area contributed by atoms with Gasteiger partial charge in [0, 0.05) is 13.6 Å². The van der Waals surface area contributed by atoms with Crippen LogP contribution in [0.25, 0.3) is 0 Å². The van der Waals surface area contributed by atoms with E-state index in [1.165, 1.54) is 0 Å². The molecule has 6 nitrogen and oxygen atoms in total. The van der Waals surface area contributed by atoms with Crippen LogP contribution in [0.1, 0.15) is 18.3 Å². The van der Waals surface area contributed by atoms with Gasteiger partial charge in [-0.25, -0.2) is 0 Å². The van der Waals surface area contributed by atoms with E-state index >= 15 is 0 Å². The van der Waals surface area contributed by atoms with Gasteiger partial charge in [0.15, 0.2) is 0 Å². The zero-order chi connectivity index (χ0) is 13.9. The highest BCUT2D eigenvalue weighted by atomic mass is 16.3. The van der Waals surface area contributed by atoms with Gasteiger partial charge < -0.3 is 10.4 Å². The van der Waals surface area contributed by atoms with E-state index in [-0.39, 0.29) is 18.6 Å². The maximum Gasteiger partial charge on any atom is 0.241 e. The standard InChI is InChI=1S/C12H22N4O2/c1-8-11(9(2)16(5)14-8)13-12(18)10(3)15(4)6-7-17/h10,17H,6-7H2,1-5H3,(H,13,18). The number of carbonyl (C=O) groups is 1. The maximum atomic E-state index is 12.1. The molecule has 0 radical (unpaired) electrons. The van der Waals surface area contributed by atoms with Crippen LogP contribution in [0, 0.1) is 13.8 Å². The summed E-state index contributed by atoms with van der Waals surface area (Å²) in [5.74, 6) is -0.0925. The molecule has 1 amide bonds. The molecule has 1 rings (SSSR count). The number of aromatic nitrogens is 2. The Labute approximate surface area is 108 Å². The third kappa shape index (κ3) is 3.08. The van der Waals surface area contributed by atoms with Gasteiger partial charge in [-0.15, -0.1) is 0 Å². The highest BCUT2D eigenvalue weighted by Crippen LogP contribution is 2.18. The monoisotopic (exact) mass is 254 g/mol. The molecule has 0 saturated heterocycles. The summed E-state index contributed by atoms with van der Waals surface area (Å²) in [6.07, 6.45) is 0. The average molecular weight is 254 g/mol. The minimum absolute atomic E-state index is 0.0407. The summed E-state index contributed by atoms with van der Waals surface area (Å²) in [6.45, 7) is 6.10. The summed E-state index contributed by atoms with van der Waals surface area (Å²) in [4.78, 5) is 13.9. The van der Waals surface area contributed by atoms with Crippen LogP contribution in [0.5, 0.6) is 0 Å². The number of aryl methyl sites for hydroxylation is 2. The van der Waals surface area contributed by atoms with Crippen LogP contribution in [0.2, 0.25) is 0 Å². The number of anilines is 1. The lowest BCUT2D eigenvalue weighted by Gasteiger charge is -2.22. The predicted molar refractivity (Wildman–Crippen MR) is 70.5 cm³/mol. The third-order valence-corrected chi connectivity index (χ3v) is 3.25. The van der Waals surface area contributed by atoms with Gasteiger partial charge in [0.05, 0.1) is 29.7 Å². The molecular formula is C12H22N4O2. The number of aliphatic hydroxyl groups is 1. The van der Waals surface area contributed by atoms with Crippen molar-refractivity contribution in [1.82, 2.24) is 14.7 Å². The Bertz CT molecular complexity index is 428. The predicted octanol–water partition coefficient (Wildman–Crippen LogP) is 0.288. The summed E-state index contributed by atoms with van der Waals surface area (Å²) in [7, 11) is 3.66. The molecule has 0 bridgehead atoms. The molecule has 0 aliphatic rings. The summed E-state index contributed by atoms with van der Waals surface area (Å²) >= 11 is 0. The number of carbonyl (C=O) groups excluding carboxylic acids is 1. The van der Waals surface area contributed by atoms with Gasteiger partial charge in [0.1, 0.15) is 0 Å². The fourth-order valence-corrected chi connectivity index (χ4v) is 1.73. The van der Waals surface area contributed by atoms with E-state index in [0.717, 1.165) is 17.1 Å². The van der Waals surface area contributed by atoms with Crippen molar-refractivity contribution in [3.05, 3.63) is 11.4 Å². The van der Waals surface area contributed by atoms with Crippen molar-refractivity contribution in [3.8, 4) is 0 Å². The van der Waals surface area contributed by atoms with Crippen molar-refractivity contribution in [3.63, 3.8) is 0 Å². The highest BCUT2D eigenvalue weighted by molar-refractivity contribution is 5.95. The molecule has 1 aromatic heterocycles.